The normalized spacial score (nSPS) is 16.1. The third kappa shape index (κ3) is 2.64. The minimum absolute atomic E-state index is 0.395. The highest BCUT2D eigenvalue weighted by Crippen LogP contribution is 2.25. The fourth-order valence-electron chi connectivity index (χ4n) is 2.82. The summed E-state index contributed by atoms with van der Waals surface area (Å²) in [6, 6.07) is 12.7. The molecule has 0 unspecified atom stereocenters. The number of nitrogens with one attached hydrogen (secondary N) is 1. The number of hydrogen-bond acceptors (Lipinski definition) is 4. The van der Waals surface area contributed by atoms with E-state index in [1.165, 1.54) is 5.56 Å². The first-order chi connectivity index (χ1) is 9.86. The second-order valence-electron chi connectivity index (χ2n) is 5.23. The van der Waals surface area contributed by atoms with Crippen LogP contribution in [0.2, 0.25) is 0 Å². The van der Waals surface area contributed by atoms with Gasteiger partial charge in [0.1, 0.15) is 6.07 Å². The Bertz CT molecular complexity index is 590. The fourth-order valence-corrected chi connectivity index (χ4v) is 2.82. The Morgan fingerprint density at radius 2 is 1.95 bits per heavy atom. The maximum atomic E-state index is 8.99. The summed E-state index contributed by atoms with van der Waals surface area (Å²) in [6.45, 7) is 1.89. The van der Waals surface area contributed by atoms with Crippen molar-refractivity contribution in [3.8, 4) is 6.07 Å². The molecule has 2 heterocycles. The lowest BCUT2D eigenvalue weighted by Gasteiger charge is -2.32. The summed E-state index contributed by atoms with van der Waals surface area (Å²) in [5, 5.41) is 19.5. The van der Waals surface area contributed by atoms with Gasteiger partial charge in [-0.2, -0.15) is 10.5 Å². The maximum absolute atomic E-state index is 8.99. The first-order valence-electron chi connectivity index (χ1n) is 6.96. The zero-order valence-electron chi connectivity index (χ0n) is 11.3. The van der Waals surface area contributed by atoms with Crippen LogP contribution in [0.15, 0.2) is 30.3 Å². The van der Waals surface area contributed by atoms with Gasteiger partial charge in [0.15, 0.2) is 5.82 Å². The molecule has 2 aromatic rings. The Morgan fingerprint density at radius 1 is 1.20 bits per heavy atom. The zero-order chi connectivity index (χ0) is 13.8. The molecule has 1 aliphatic rings. The van der Waals surface area contributed by atoms with E-state index < -0.39 is 0 Å². The van der Waals surface area contributed by atoms with Crippen molar-refractivity contribution < 1.29 is 0 Å². The highest BCUT2D eigenvalue weighted by Gasteiger charge is 2.23. The minimum atomic E-state index is 0.395. The Balaban J connectivity index is 1.59. The van der Waals surface area contributed by atoms with Crippen molar-refractivity contribution in [3.63, 3.8) is 0 Å². The summed E-state index contributed by atoms with van der Waals surface area (Å²) in [7, 11) is 0. The van der Waals surface area contributed by atoms with Gasteiger partial charge in [0.25, 0.3) is 0 Å². The van der Waals surface area contributed by atoms with Crippen LogP contribution in [-0.2, 0) is 6.42 Å². The third-order valence-corrected chi connectivity index (χ3v) is 3.92. The summed E-state index contributed by atoms with van der Waals surface area (Å²) in [6.07, 6.45) is 3.40. The van der Waals surface area contributed by atoms with Crippen LogP contribution in [0.4, 0.5) is 5.82 Å². The van der Waals surface area contributed by atoms with Gasteiger partial charge >= 0.3 is 0 Å². The Hall–Kier alpha value is -2.35. The molecule has 0 saturated carbocycles. The molecule has 1 aliphatic heterocycles. The average Bonchev–Trinajstić information content (AvgIpc) is 2.98. The Labute approximate surface area is 118 Å². The molecule has 5 nitrogen and oxygen atoms in total. The molecule has 0 amide bonds. The van der Waals surface area contributed by atoms with Crippen molar-refractivity contribution in [2.24, 2.45) is 5.92 Å². The smallest absolute Gasteiger partial charge is 0.206 e. The van der Waals surface area contributed by atoms with E-state index in [1.54, 1.807) is 0 Å². The standard InChI is InChI=1S/C15H17N5/c16-11-14-15(18-19-17-14)20-8-6-13(7-9-20)10-12-4-2-1-3-5-12/h1-5,13H,6-10H2,(H,17,18,19). The van der Waals surface area contributed by atoms with Crippen molar-refractivity contribution in [2.75, 3.05) is 18.0 Å². The van der Waals surface area contributed by atoms with Gasteiger partial charge in [-0.05, 0) is 30.7 Å². The molecule has 5 heteroatoms. The van der Waals surface area contributed by atoms with Gasteiger partial charge in [-0.3, -0.25) is 0 Å². The highest BCUT2D eigenvalue weighted by molar-refractivity contribution is 5.49. The Kier molecular flexibility index (Phi) is 3.64. The molecule has 0 aliphatic carbocycles. The number of anilines is 1. The molecule has 20 heavy (non-hydrogen) atoms. The fraction of sp³-hybridized carbons (Fsp3) is 0.400. The summed E-state index contributed by atoms with van der Waals surface area (Å²) in [5.41, 5.74) is 1.80. The molecule has 0 bridgehead atoms. The van der Waals surface area contributed by atoms with E-state index in [4.69, 9.17) is 5.26 Å². The number of hydrogen-bond donors (Lipinski definition) is 1. The second kappa shape index (κ2) is 5.74. The number of rotatable bonds is 3. The maximum Gasteiger partial charge on any atom is 0.206 e. The van der Waals surface area contributed by atoms with Crippen molar-refractivity contribution in [1.29, 1.82) is 5.26 Å². The van der Waals surface area contributed by atoms with E-state index in [0.29, 0.717) is 17.4 Å². The van der Waals surface area contributed by atoms with Gasteiger partial charge in [0.05, 0.1) is 0 Å². The molecule has 1 aromatic heterocycles. The van der Waals surface area contributed by atoms with Crippen LogP contribution in [0.1, 0.15) is 24.1 Å². The number of nitrogens with zero attached hydrogens (tertiary/aromatic N) is 4. The molecule has 1 fully saturated rings. The quantitative estimate of drug-likeness (QED) is 0.925. The van der Waals surface area contributed by atoms with Gasteiger partial charge in [0, 0.05) is 13.1 Å². The molecule has 0 atom stereocenters. The molecule has 1 saturated heterocycles. The number of aromatic nitrogens is 3. The van der Waals surface area contributed by atoms with Crippen LogP contribution in [0.25, 0.3) is 0 Å². The van der Waals surface area contributed by atoms with Crippen molar-refractivity contribution >= 4 is 5.82 Å². The van der Waals surface area contributed by atoms with Gasteiger partial charge in [-0.25, -0.2) is 0 Å². The van der Waals surface area contributed by atoms with Crippen LogP contribution in [0, 0.1) is 17.2 Å². The van der Waals surface area contributed by atoms with Crippen molar-refractivity contribution in [1.82, 2.24) is 15.4 Å². The van der Waals surface area contributed by atoms with Crippen LogP contribution in [0.5, 0.6) is 0 Å². The highest BCUT2D eigenvalue weighted by atomic mass is 15.4. The first kappa shape index (κ1) is 12.7. The second-order valence-corrected chi connectivity index (χ2v) is 5.23. The third-order valence-electron chi connectivity index (χ3n) is 3.92. The monoisotopic (exact) mass is 267 g/mol. The van der Waals surface area contributed by atoms with Gasteiger partial charge in [0.2, 0.25) is 5.69 Å². The first-order valence-corrected chi connectivity index (χ1v) is 6.96. The van der Waals surface area contributed by atoms with Gasteiger partial charge < -0.3 is 4.90 Å². The molecule has 1 aromatic carbocycles. The van der Waals surface area contributed by atoms with Crippen LogP contribution in [0.3, 0.4) is 0 Å². The van der Waals surface area contributed by atoms with E-state index in [0.717, 1.165) is 32.4 Å². The predicted molar refractivity (Wildman–Crippen MR) is 76.2 cm³/mol. The van der Waals surface area contributed by atoms with E-state index >= 15 is 0 Å². The minimum Gasteiger partial charge on any atom is -0.353 e. The van der Waals surface area contributed by atoms with Crippen LogP contribution in [-0.4, -0.2) is 28.5 Å². The largest absolute Gasteiger partial charge is 0.353 e. The van der Waals surface area contributed by atoms with Gasteiger partial charge in [-0.1, -0.05) is 30.3 Å². The molecule has 0 spiro atoms. The lowest BCUT2D eigenvalue weighted by atomic mass is 9.90. The van der Waals surface area contributed by atoms with E-state index in [2.05, 4.69) is 56.7 Å². The summed E-state index contributed by atoms with van der Waals surface area (Å²) >= 11 is 0. The summed E-state index contributed by atoms with van der Waals surface area (Å²) in [5.74, 6) is 1.41. The molecule has 3 rings (SSSR count). The average molecular weight is 267 g/mol. The zero-order valence-corrected chi connectivity index (χ0v) is 11.3. The number of aromatic amines is 1. The van der Waals surface area contributed by atoms with Crippen LogP contribution < -0.4 is 4.90 Å². The van der Waals surface area contributed by atoms with E-state index in [-0.39, 0.29) is 0 Å². The lowest BCUT2D eigenvalue weighted by molar-refractivity contribution is 0.402. The topological polar surface area (TPSA) is 68.6 Å². The lowest BCUT2D eigenvalue weighted by Crippen LogP contribution is -2.35. The number of piperidine rings is 1. The molecular formula is C15H17N5. The van der Waals surface area contributed by atoms with Crippen molar-refractivity contribution in [2.45, 2.75) is 19.3 Å². The predicted octanol–water partition coefficient (Wildman–Crippen LogP) is 2.14. The Morgan fingerprint density at radius 3 is 2.65 bits per heavy atom. The van der Waals surface area contributed by atoms with Gasteiger partial charge in [-0.15, -0.1) is 10.2 Å². The molecule has 102 valence electrons. The summed E-state index contributed by atoms with van der Waals surface area (Å²) in [4.78, 5) is 2.16. The van der Waals surface area contributed by atoms with Crippen molar-refractivity contribution in [3.05, 3.63) is 41.6 Å². The SMILES string of the molecule is N#Cc1n[nH]nc1N1CCC(Cc2ccccc2)CC1. The molecule has 0 radical (unpaired) electrons. The number of H-pyrrole nitrogens is 1. The van der Waals surface area contributed by atoms with Crippen LogP contribution >= 0.6 is 0 Å². The molecule has 1 N–H and O–H groups in total. The van der Waals surface area contributed by atoms with E-state index in [9.17, 15) is 0 Å². The summed E-state index contributed by atoms with van der Waals surface area (Å²) < 4.78 is 0. The number of benzene rings is 1. The molecular weight excluding hydrogens is 250 g/mol. The number of nitriles is 1. The van der Waals surface area contributed by atoms with E-state index in [1.807, 2.05) is 0 Å².